The molecule has 7 nitrogen and oxygen atoms in total. The second-order valence-electron chi connectivity index (χ2n) is 7.39. The molecule has 1 aromatic carbocycles. The molecule has 0 bridgehead atoms. The normalized spacial score (nSPS) is 24.4. The molecule has 1 amide bonds. The Morgan fingerprint density at radius 3 is 2.52 bits per heavy atom. The van der Waals surface area contributed by atoms with E-state index in [4.69, 9.17) is 0 Å². The van der Waals surface area contributed by atoms with Crippen LogP contribution in [0.4, 0.5) is 11.4 Å². The van der Waals surface area contributed by atoms with Gasteiger partial charge in [0.25, 0.3) is 0 Å². The predicted molar refractivity (Wildman–Crippen MR) is 94.0 cm³/mol. The smallest absolute Gasteiger partial charge is 0.307 e. The lowest BCUT2D eigenvalue weighted by Gasteiger charge is -2.29. The largest absolute Gasteiger partial charge is 0.481 e. The van der Waals surface area contributed by atoms with Crippen molar-refractivity contribution in [1.82, 2.24) is 0 Å². The summed E-state index contributed by atoms with van der Waals surface area (Å²) in [4.78, 5) is 23.7. The summed E-state index contributed by atoms with van der Waals surface area (Å²) >= 11 is 0. The number of amides is 1. The number of aliphatic carboxylic acids is 1. The third kappa shape index (κ3) is 3.10. The van der Waals surface area contributed by atoms with Crippen LogP contribution in [-0.4, -0.2) is 38.2 Å². The number of sulfonamides is 1. The van der Waals surface area contributed by atoms with E-state index in [0.29, 0.717) is 17.9 Å². The number of nitrogens with zero attached hydrogens (tertiary/aromatic N) is 1. The van der Waals surface area contributed by atoms with Crippen LogP contribution in [0.2, 0.25) is 0 Å². The van der Waals surface area contributed by atoms with Gasteiger partial charge in [-0.1, -0.05) is 19.9 Å². The van der Waals surface area contributed by atoms with Crippen molar-refractivity contribution < 1.29 is 23.1 Å². The number of hydrogen-bond acceptors (Lipinski definition) is 4. The molecule has 2 atom stereocenters. The maximum atomic E-state index is 12.4. The summed E-state index contributed by atoms with van der Waals surface area (Å²) in [6.07, 6.45) is 2.70. The van der Waals surface area contributed by atoms with Gasteiger partial charge in [-0.3, -0.25) is 13.9 Å². The molecule has 1 aromatic rings. The van der Waals surface area contributed by atoms with Crippen LogP contribution in [0.25, 0.3) is 0 Å². The third-order valence-corrected chi connectivity index (χ3v) is 6.38. The van der Waals surface area contributed by atoms with Crippen molar-refractivity contribution in [1.29, 1.82) is 0 Å². The van der Waals surface area contributed by atoms with E-state index in [1.54, 1.807) is 26.0 Å². The van der Waals surface area contributed by atoms with Crippen molar-refractivity contribution in [2.45, 2.75) is 26.7 Å². The molecule has 1 aliphatic heterocycles. The highest BCUT2D eigenvalue weighted by Crippen LogP contribution is 2.58. The van der Waals surface area contributed by atoms with E-state index in [1.807, 2.05) is 6.07 Å². The molecule has 0 radical (unpaired) electrons. The lowest BCUT2D eigenvalue weighted by atomic mass is 10.0. The molecule has 1 heterocycles. The van der Waals surface area contributed by atoms with Crippen LogP contribution in [0.5, 0.6) is 0 Å². The first kappa shape index (κ1) is 17.7. The fraction of sp³-hybridized carbons (Fsp3) is 0.529. The minimum Gasteiger partial charge on any atom is -0.481 e. The van der Waals surface area contributed by atoms with Crippen LogP contribution in [0.1, 0.15) is 25.8 Å². The zero-order valence-electron chi connectivity index (χ0n) is 14.4. The molecular weight excluding hydrogens is 344 g/mol. The van der Waals surface area contributed by atoms with Crippen molar-refractivity contribution in [2.75, 3.05) is 22.4 Å². The van der Waals surface area contributed by atoms with Crippen LogP contribution in [0.3, 0.4) is 0 Å². The quantitative estimate of drug-likeness (QED) is 0.844. The second-order valence-corrected chi connectivity index (χ2v) is 9.29. The predicted octanol–water partition coefficient (Wildman–Crippen LogP) is 1.69. The molecule has 3 rings (SSSR count). The first-order valence-corrected chi connectivity index (χ1v) is 10.0. The SMILES string of the molecule is CC1(C)[C@H](C(=O)O)[C@H]1C(=O)Nc1ccc2c(c1)N(S(C)(=O)=O)CCC2. The fourth-order valence-corrected chi connectivity index (χ4v) is 4.76. The highest BCUT2D eigenvalue weighted by molar-refractivity contribution is 7.92. The van der Waals surface area contributed by atoms with E-state index >= 15 is 0 Å². The van der Waals surface area contributed by atoms with Gasteiger partial charge in [-0.15, -0.1) is 0 Å². The van der Waals surface area contributed by atoms with E-state index in [2.05, 4.69) is 5.32 Å². The van der Waals surface area contributed by atoms with Crippen LogP contribution in [0, 0.1) is 17.3 Å². The minimum absolute atomic E-state index is 0.348. The van der Waals surface area contributed by atoms with Crippen LogP contribution >= 0.6 is 0 Å². The number of hydrogen-bond donors (Lipinski definition) is 2. The van der Waals surface area contributed by atoms with Crippen LogP contribution < -0.4 is 9.62 Å². The van der Waals surface area contributed by atoms with E-state index in [-0.39, 0.29) is 5.91 Å². The molecule has 0 unspecified atom stereocenters. The average Bonchev–Trinajstić information content (AvgIpc) is 3.08. The van der Waals surface area contributed by atoms with Crippen molar-refractivity contribution in [3.05, 3.63) is 23.8 Å². The first-order chi connectivity index (χ1) is 11.5. The van der Waals surface area contributed by atoms with Gasteiger partial charge in [0, 0.05) is 12.2 Å². The lowest BCUT2D eigenvalue weighted by molar-refractivity contribution is -0.140. The Balaban J connectivity index is 1.84. The average molecular weight is 366 g/mol. The zero-order chi connectivity index (χ0) is 18.6. The van der Waals surface area contributed by atoms with Crippen molar-refractivity contribution in [3.8, 4) is 0 Å². The fourth-order valence-electron chi connectivity index (χ4n) is 3.77. The number of rotatable bonds is 4. The van der Waals surface area contributed by atoms with Crippen molar-refractivity contribution in [3.63, 3.8) is 0 Å². The number of nitrogens with one attached hydrogen (secondary N) is 1. The van der Waals surface area contributed by atoms with Gasteiger partial charge in [0.1, 0.15) is 0 Å². The van der Waals surface area contributed by atoms with E-state index in [9.17, 15) is 23.1 Å². The number of anilines is 2. The Morgan fingerprint density at radius 1 is 1.28 bits per heavy atom. The van der Waals surface area contributed by atoms with Gasteiger partial charge in [0.05, 0.1) is 23.8 Å². The highest BCUT2D eigenvalue weighted by atomic mass is 32.2. The van der Waals surface area contributed by atoms with Gasteiger partial charge < -0.3 is 10.4 Å². The summed E-state index contributed by atoms with van der Waals surface area (Å²) in [5.41, 5.74) is 1.40. The van der Waals surface area contributed by atoms with Crippen molar-refractivity contribution >= 4 is 33.3 Å². The Hall–Kier alpha value is -2.09. The molecule has 25 heavy (non-hydrogen) atoms. The molecule has 2 N–H and O–H groups in total. The molecule has 0 saturated heterocycles. The van der Waals surface area contributed by atoms with Gasteiger partial charge in [-0.2, -0.15) is 0 Å². The number of carboxylic acids is 1. The van der Waals surface area contributed by atoms with Crippen molar-refractivity contribution in [2.24, 2.45) is 17.3 Å². The molecular formula is C17H22N2O5S. The Morgan fingerprint density at radius 2 is 1.96 bits per heavy atom. The second kappa shape index (κ2) is 5.72. The standard InChI is InChI=1S/C17H22N2O5S/c1-17(2)13(14(17)16(21)22)15(20)18-11-7-6-10-5-4-8-19(12(10)9-11)25(3,23)24/h6-7,9,13-14H,4-5,8H2,1-3H3,(H,18,20)(H,21,22)/t13-,14-/m0/s1. The number of aryl methyl sites for hydroxylation is 1. The monoisotopic (exact) mass is 366 g/mol. The molecule has 0 spiro atoms. The third-order valence-electron chi connectivity index (χ3n) is 5.21. The Bertz CT molecular complexity index is 847. The van der Waals surface area contributed by atoms with Gasteiger partial charge in [0.15, 0.2) is 0 Å². The Labute approximate surface area is 147 Å². The minimum atomic E-state index is -3.38. The summed E-state index contributed by atoms with van der Waals surface area (Å²) < 4.78 is 25.3. The topological polar surface area (TPSA) is 104 Å². The summed E-state index contributed by atoms with van der Waals surface area (Å²) in [5, 5.41) is 11.9. The lowest BCUT2D eigenvalue weighted by Crippen LogP contribution is -2.34. The zero-order valence-corrected chi connectivity index (χ0v) is 15.3. The molecule has 2 aliphatic rings. The van der Waals surface area contributed by atoms with Gasteiger partial charge in [0.2, 0.25) is 15.9 Å². The number of benzene rings is 1. The van der Waals surface area contributed by atoms with Gasteiger partial charge in [-0.25, -0.2) is 8.42 Å². The summed E-state index contributed by atoms with van der Waals surface area (Å²) in [6, 6.07) is 5.20. The molecule has 1 aliphatic carbocycles. The summed E-state index contributed by atoms with van der Waals surface area (Å²) in [5.74, 6) is -2.61. The molecule has 1 fully saturated rings. The van der Waals surface area contributed by atoms with Crippen LogP contribution in [0.15, 0.2) is 18.2 Å². The highest BCUT2D eigenvalue weighted by Gasteiger charge is 2.65. The number of fused-ring (bicyclic) bond motifs is 1. The maximum absolute atomic E-state index is 12.4. The molecule has 0 aromatic heterocycles. The summed E-state index contributed by atoms with van der Waals surface area (Å²) in [7, 11) is -3.38. The van der Waals surface area contributed by atoms with E-state index in [0.717, 1.165) is 24.7 Å². The Kier molecular flexibility index (Phi) is 4.06. The maximum Gasteiger partial charge on any atom is 0.307 e. The molecule has 1 saturated carbocycles. The van der Waals surface area contributed by atoms with E-state index in [1.165, 1.54) is 4.31 Å². The van der Waals surface area contributed by atoms with Gasteiger partial charge >= 0.3 is 5.97 Å². The molecule has 136 valence electrons. The number of carbonyl (C=O) groups is 2. The summed E-state index contributed by atoms with van der Waals surface area (Å²) in [6.45, 7) is 3.93. The molecule has 8 heteroatoms. The number of carbonyl (C=O) groups excluding carboxylic acids is 1. The van der Waals surface area contributed by atoms with Crippen LogP contribution in [-0.2, 0) is 26.0 Å². The van der Waals surface area contributed by atoms with E-state index < -0.39 is 33.2 Å². The van der Waals surface area contributed by atoms with Gasteiger partial charge in [-0.05, 0) is 36.0 Å². The first-order valence-electron chi connectivity index (χ1n) is 8.18. The number of carboxylic acid groups (broad SMARTS) is 1.